The zero-order valence-corrected chi connectivity index (χ0v) is 17.5. The molecule has 7 nitrogen and oxygen atoms in total. The molecule has 0 saturated heterocycles. The molecule has 0 bridgehead atoms. The van der Waals surface area contributed by atoms with Crippen molar-refractivity contribution in [2.75, 3.05) is 31.4 Å². The van der Waals surface area contributed by atoms with Gasteiger partial charge in [0.25, 0.3) is 10.0 Å². The molecule has 1 aromatic carbocycles. The summed E-state index contributed by atoms with van der Waals surface area (Å²) < 4.78 is 43.7. The van der Waals surface area contributed by atoms with Crippen molar-refractivity contribution >= 4 is 27.2 Å². The van der Waals surface area contributed by atoms with Crippen LogP contribution in [0.1, 0.15) is 11.3 Å². The minimum absolute atomic E-state index is 0.157. The first-order valence-electron chi connectivity index (χ1n) is 8.62. The Morgan fingerprint density at radius 3 is 2.50 bits per heavy atom. The largest absolute Gasteiger partial charge is 0.382 e. The molecule has 150 valence electrons. The third kappa shape index (κ3) is 4.27. The van der Waals surface area contributed by atoms with E-state index in [0.29, 0.717) is 17.9 Å². The van der Waals surface area contributed by atoms with Crippen molar-refractivity contribution in [1.29, 1.82) is 0 Å². The van der Waals surface area contributed by atoms with Gasteiger partial charge in [-0.2, -0.15) is 0 Å². The number of thiophene rings is 1. The van der Waals surface area contributed by atoms with E-state index in [1.165, 1.54) is 11.3 Å². The fourth-order valence-electron chi connectivity index (χ4n) is 2.49. The quantitative estimate of drug-likeness (QED) is 0.385. The maximum atomic E-state index is 13.3. The standard InChI is InChI=1S/C19H22N2O5S2/c1-14-15(2)20-26-19(14)21(13-25-12-11-24-3)28(22,23)18-10-9-17(27-18)16-7-5-4-6-8-16/h4-10H,11-13H2,1-3H3. The number of methoxy groups -OCH3 is 1. The second kappa shape index (κ2) is 8.87. The van der Waals surface area contributed by atoms with Crippen LogP contribution in [0, 0.1) is 13.8 Å². The highest BCUT2D eigenvalue weighted by Crippen LogP contribution is 2.35. The Kier molecular flexibility index (Phi) is 6.50. The Morgan fingerprint density at radius 1 is 1.11 bits per heavy atom. The summed E-state index contributed by atoms with van der Waals surface area (Å²) in [7, 11) is -2.33. The number of benzene rings is 1. The average molecular weight is 423 g/mol. The lowest BCUT2D eigenvalue weighted by Crippen LogP contribution is -2.33. The van der Waals surface area contributed by atoms with Crippen molar-refractivity contribution in [1.82, 2.24) is 5.16 Å². The van der Waals surface area contributed by atoms with Crippen LogP contribution in [0.2, 0.25) is 0 Å². The topological polar surface area (TPSA) is 81.9 Å². The second-order valence-corrected chi connectivity index (χ2v) is 9.24. The summed E-state index contributed by atoms with van der Waals surface area (Å²) in [6.45, 7) is 3.95. The molecule has 0 amide bonds. The Bertz CT molecular complexity index is 1010. The van der Waals surface area contributed by atoms with Gasteiger partial charge in [-0.25, -0.2) is 12.7 Å². The van der Waals surface area contributed by atoms with Gasteiger partial charge in [-0.1, -0.05) is 35.5 Å². The summed E-state index contributed by atoms with van der Waals surface area (Å²) in [5.41, 5.74) is 2.24. The molecule has 0 aliphatic heterocycles. The van der Waals surface area contributed by atoms with Gasteiger partial charge in [-0.15, -0.1) is 11.3 Å². The number of aromatic nitrogens is 1. The molecule has 2 heterocycles. The number of aryl methyl sites for hydroxylation is 1. The normalized spacial score (nSPS) is 11.7. The van der Waals surface area contributed by atoms with Crippen molar-refractivity contribution in [3.63, 3.8) is 0 Å². The SMILES string of the molecule is COCCOCN(c1onc(C)c1C)S(=O)(=O)c1ccc(-c2ccccc2)s1. The van der Waals surface area contributed by atoms with E-state index >= 15 is 0 Å². The summed E-state index contributed by atoms with van der Waals surface area (Å²) in [6.07, 6.45) is 0. The highest BCUT2D eigenvalue weighted by atomic mass is 32.2. The molecule has 3 rings (SSSR count). The fraction of sp³-hybridized carbons (Fsp3) is 0.316. The van der Waals surface area contributed by atoms with Crippen LogP contribution < -0.4 is 4.31 Å². The number of nitrogens with zero attached hydrogens (tertiary/aromatic N) is 2. The molecule has 3 aromatic rings. The van der Waals surface area contributed by atoms with Gasteiger partial charge in [0.2, 0.25) is 5.88 Å². The van der Waals surface area contributed by atoms with E-state index in [-0.39, 0.29) is 23.4 Å². The number of sulfonamides is 1. The summed E-state index contributed by atoms with van der Waals surface area (Å²) in [5.74, 6) is 0.157. The van der Waals surface area contributed by atoms with Gasteiger partial charge >= 0.3 is 0 Å². The Hall–Kier alpha value is -2.20. The predicted molar refractivity (Wildman–Crippen MR) is 108 cm³/mol. The first-order valence-corrected chi connectivity index (χ1v) is 10.9. The van der Waals surface area contributed by atoms with E-state index < -0.39 is 10.0 Å². The molecule has 2 aromatic heterocycles. The summed E-state index contributed by atoms with van der Waals surface area (Å²) >= 11 is 1.20. The van der Waals surface area contributed by atoms with Crippen molar-refractivity contribution in [2.45, 2.75) is 18.1 Å². The van der Waals surface area contributed by atoms with Crippen LogP contribution in [0.15, 0.2) is 51.2 Å². The summed E-state index contributed by atoms with van der Waals surface area (Å²) in [5, 5.41) is 3.88. The predicted octanol–water partition coefficient (Wildman–Crippen LogP) is 3.84. The highest BCUT2D eigenvalue weighted by molar-refractivity contribution is 7.94. The molecule has 28 heavy (non-hydrogen) atoms. The molecule has 0 saturated carbocycles. The lowest BCUT2D eigenvalue weighted by atomic mass is 10.2. The molecular formula is C19H22N2O5S2. The third-order valence-electron chi connectivity index (χ3n) is 4.18. The highest BCUT2D eigenvalue weighted by Gasteiger charge is 2.31. The van der Waals surface area contributed by atoms with Gasteiger partial charge in [0.1, 0.15) is 10.9 Å². The van der Waals surface area contributed by atoms with Crippen molar-refractivity contribution < 1.29 is 22.4 Å². The maximum absolute atomic E-state index is 13.3. The van der Waals surface area contributed by atoms with E-state index in [9.17, 15) is 8.42 Å². The van der Waals surface area contributed by atoms with Crippen LogP contribution in [0.4, 0.5) is 5.88 Å². The molecular weight excluding hydrogens is 400 g/mol. The Morgan fingerprint density at radius 2 is 1.86 bits per heavy atom. The summed E-state index contributed by atoms with van der Waals surface area (Å²) in [4.78, 5) is 0.866. The number of ether oxygens (including phenoxy) is 2. The van der Waals surface area contributed by atoms with E-state index in [0.717, 1.165) is 14.7 Å². The molecule has 0 radical (unpaired) electrons. The van der Waals surface area contributed by atoms with Crippen LogP contribution in [-0.4, -0.2) is 40.6 Å². The number of hydrogen-bond donors (Lipinski definition) is 0. The first kappa shape index (κ1) is 20.5. The fourth-order valence-corrected chi connectivity index (χ4v) is 5.25. The van der Waals surface area contributed by atoms with Gasteiger partial charge in [0.05, 0.1) is 18.9 Å². The van der Waals surface area contributed by atoms with E-state index in [2.05, 4.69) is 5.16 Å². The Balaban J connectivity index is 1.94. The van der Waals surface area contributed by atoms with Crippen LogP contribution in [-0.2, 0) is 19.5 Å². The lowest BCUT2D eigenvalue weighted by Gasteiger charge is -2.21. The lowest BCUT2D eigenvalue weighted by molar-refractivity contribution is 0.0744. The van der Waals surface area contributed by atoms with Gasteiger partial charge < -0.3 is 14.0 Å². The molecule has 0 atom stereocenters. The molecule has 0 N–H and O–H groups in total. The minimum atomic E-state index is -3.89. The van der Waals surface area contributed by atoms with Crippen LogP contribution in [0.5, 0.6) is 0 Å². The molecule has 0 aliphatic rings. The average Bonchev–Trinajstić information content (AvgIpc) is 3.31. The smallest absolute Gasteiger partial charge is 0.278 e. The van der Waals surface area contributed by atoms with Crippen molar-refractivity contribution in [3.05, 3.63) is 53.7 Å². The monoisotopic (exact) mass is 422 g/mol. The van der Waals surface area contributed by atoms with Crippen LogP contribution >= 0.6 is 11.3 Å². The second-order valence-electron chi connectivity index (χ2n) is 6.07. The minimum Gasteiger partial charge on any atom is -0.382 e. The van der Waals surface area contributed by atoms with E-state index in [4.69, 9.17) is 14.0 Å². The number of rotatable bonds is 9. The zero-order valence-electron chi connectivity index (χ0n) is 15.9. The van der Waals surface area contributed by atoms with Gasteiger partial charge in [0.15, 0.2) is 0 Å². The number of anilines is 1. The van der Waals surface area contributed by atoms with Gasteiger partial charge in [-0.05, 0) is 31.5 Å². The third-order valence-corrected chi connectivity index (χ3v) is 7.49. The Labute approximate surface area is 168 Å². The van der Waals surface area contributed by atoms with Crippen molar-refractivity contribution in [3.8, 4) is 10.4 Å². The molecule has 9 heteroatoms. The molecule has 0 spiro atoms. The number of hydrogen-bond acceptors (Lipinski definition) is 7. The summed E-state index contributed by atoms with van der Waals surface area (Å²) in [6, 6.07) is 13.0. The molecule has 0 fully saturated rings. The van der Waals surface area contributed by atoms with E-state index in [1.54, 1.807) is 33.1 Å². The zero-order chi connectivity index (χ0) is 20.1. The molecule has 0 unspecified atom stereocenters. The molecule has 0 aliphatic carbocycles. The van der Waals surface area contributed by atoms with E-state index in [1.807, 2.05) is 30.3 Å². The van der Waals surface area contributed by atoms with Crippen molar-refractivity contribution in [2.24, 2.45) is 0 Å². The first-order chi connectivity index (χ1) is 13.4. The maximum Gasteiger partial charge on any atom is 0.278 e. The van der Waals surface area contributed by atoms with Crippen LogP contribution in [0.3, 0.4) is 0 Å². The van der Waals surface area contributed by atoms with Gasteiger partial charge in [-0.3, -0.25) is 0 Å². The van der Waals surface area contributed by atoms with Gasteiger partial charge in [0, 0.05) is 17.6 Å². The van der Waals surface area contributed by atoms with Crippen LogP contribution in [0.25, 0.3) is 10.4 Å².